The van der Waals surface area contributed by atoms with Crippen LogP contribution in [0.4, 0.5) is 0 Å². The van der Waals surface area contributed by atoms with Gasteiger partial charge in [-0.3, -0.25) is 4.98 Å². The Morgan fingerprint density at radius 3 is 2.62 bits per heavy atom. The van der Waals surface area contributed by atoms with Gasteiger partial charge in [-0.15, -0.1) is 0 Å². The topological polar surface area (TPSA) is 52.5 Å². The summed E-state index contributed by atoms with van der Waals surface area (Å²) in [6.45, 7) is 0. The minimum Gasteiger partial charge on any atom is -0.361 e. The van der Waals surface area contributed by atoms with Gasteiger partial charge in [0.2, 0.25) is 0 Å². The molecule has 0 unspecified atom stereocenters. The number of nitriles is 1. The predicted molar refractivity (Wildman–Crippen MR) is 84.8 cm³/mol. The van der Waals surface area contributed by atoms with Crippen molar-refractivity contribution in [2.24, 2.45) is 0 Å². The van der Waals surface area contributed by atoms with Crippen LogP contribution in [0.2, 0.25) is 0 Å². The maximum Gasteiger partial charge on any atom is 0.0992 e. The molecule has 100 valence electrons. The van der Waals surface area contributed by atoms with Crippen LogP contribution in [-0.4, -0.2) is 9.97 Å². The molecule has 0 aliphatic rings. The summed E-state index contributed by atoms with van der Waals surface area (Å²) in [6.07, 6.45) is 3.67. The van der Waals surface area contributed by atoms with Crippen molar-refractivity contribution in [3.05, 3.63) is 78.6 Å². The maximum atomic E-state index is 8.57. The highest BCUT2D eigenvalue weighted by Gasteiger charge is 1.94. The van der Waals surface area contributed by atoms with E-state index >= 15 is 0 Å². The van der Waals surface area contributed by atoms with Crippen LogP contribution in [0.25, 0.3) is 21.8 Å². The fourth-order valence-electron chi connectivity index (χ4n) is 2.13. The molecule has 3 nitrogen and oxygen atoms in total. The fourth-order valence-corrected chi connectivity index (χ4v) is 2.13. The van der Waals surface area contributed by atoms with Gasteiger partial charge < -0.3 is 4.98 Å². The minimum atomic E-state index is 0.694. The van der Waals surface area contributed by atoms with E-state index in [0.29, 0.717) is 5.56 Å². The summed E-state index contributed by atoms with van der Waals surface area (Å²) < 4.78 is 0. The Kier molecular flexibility index (Phi) is 3.62. The van der Waals surface area contributed by atoms with Crippen LogP contribution in [0.3, 0.4) is 0 Å². The summed E-state index contributed by atoms with van der Waals surface area (Å²) in [5.74, 6) is 0. The number of benzene rings is 2. The zero-order valence-electron chi connectivity index (χ0n) is 11.3. The molecule has 3 heteroatoms. The molecule has 4 aromatic rings. The quantitative estimate of drug-likeness (QED) is 0.519. The number of rotatable bonds is 0. The van der Waals surface area contributed by atoms with Crippen molar-refractivity contribution in [2.45, 2.75) is 0 Å². The zero-order valence-corrected chi connectivity index (χ0v) is 11.3. The average molecular weight is 271 g/mol. The van der Waals surface area contributed by atoms with Crippen LogP contribution < -0.4 is 0 Å². The number of hydrogen-bond donors (Lipinski definition) is 1. The van der Waals surface area contributed by atoms with Crippen molar-refractivity contribution >= 4 is 21.8 Å². The molecule has 1 N–H and O–H groups in total. The van der Waals surface area contributed by atoms with E-state index in [-0.39, 0.29) is 0 Å². The van der Waals surface area contributed by atoms with E-state index < -0.39 is 0 Å². The number of nitrogens with zero attached hydrogens (tertiary/aromatic N) is 2. The number of aromatic nitrogens is 2. The molecule has 0 saturated heterocycles. The van der Waals surface area contributed by atoms with Crippen molar-refractivity contribution in [1.82, 2.24) is 9.97 Å². The second kappa shape index (κ2) is 5.89. The van der Waals surface area contributed by atoms with Crippen molar-refractivity contribution in [2.75, 3.05) is 0 Å². The molecular formula is C18H13N3. The monoisotopic (exact) mass is 271 g/mol. The summed E-state index contributed by atoms with van der Waals surface area (Å²) in [4.78, 5) is 7.22. The molecule has 21 heavy (non-hydrogen) atoms. The van der Waals surface area contributed by atoms with Gasteiger partial charge in [-0.25, -0.2) is 0 Å². The highest BCUT2D eigenvalue weighted by molar-refractivity contribution is 5.80. The molecule has 2 aromatic heterocycles. The molecule has 2 heterocycles. The van der Waals surface area contributed by atoms with Crippen molar-refractivity contribution in [1.29, 1.82) is 5.26 Å². The number of fused-ring (bicyclic) bond motifs is 2. The first kappa shape index (κ1) is 12.9. The Morgan fingerprint density at radius 1 is 0.905 bits per heavy atom. The summed E-state index contributed by atoms with van der Waals surface area (Å²) >= 11 is 0. The van der Waals surface area contributed by atoms with E-state index in [1.165, 1.54) is 5.39 Å². The first-order valence-corrected chi connectivity index (χ1v) is 6.64. The first-order valence-electron chi connectivity index (χ1n) is 6.64. The Labute approximate surface area is 122 Å². The Balaban J connectivity index is 0.000000126. The van der Waals surface area contributed by atoms with E-state index in [1.807, 2.05) is 60.9 Å². The lowest BCUT2D eigenvalue weighted by atomic mass is 10.2. The zero-order chi connectivity index (χ0) is 14.5. The van der Waals surface area contributed by atoms with Gasteiger partial charge in [0.1, 0.15) is 0 Å². The third-order valence-electron chi connectivity index (χ3n) is 3.20. The molecule has 0 fully saturated rings. The number of pyridine rings is 1. The summed E-state index contributed by atoms with van der Waals surface area (Å²) in [5.41, 5.74) is 2.77. The van der Waals surface area contributed by atoms with Crippen LogP contribution in [0.15, 0.2) is 73.1 Å². The van der Waals surface area contributed by atoms with E-state index in [1.54, 1.807) is 0 Å². The predicted octanol–water partition coefficient (Wildman–Crippen LogP) is 4.27. The third-order valence-corrected chi connectivity index (χ3v) is 3.20. The van der Waals surface area contributed by atoms with Crippen LogP contribution in [0.1, 0.15) is 5.56 Å². The van der Waals surface area contributed by atoms with Gasteiger partial charge in [0, 0.05) is 23.3 Å². The van der Waals surface area contributed by atoms with E-state index in [0.717, 1.165) is 16.4 Å². The molecule has 0 bridgehead atoms. The second-order valence-electron chi connectivity index (χ2n) is 4.59. The van der Waals surface area contributed by atoms with Crippen molar-refractivity contribution in [3.8, 4) is 6.07 Å². The molecule has 0 spiro atoms. The van der Waals surface area contributed by atoms with E-state index in [4.69, 9.17) is 5.26 Å². The van der Waals surface area contributed by atoms with Gasteiger partial charge in [0.05, 0.1) is 17.1 Å². The third kappa shape index (κ3) is 2.90. The number of nitrogens with one attached hydrogen (secondary N) is 1. The molecule has 0 radical (unpaired) electrons. The van der Waals surface area contributed by atoms with Crippen LogP contribution in [0, 0.1) is 11.3 Å². The standard InChI is InChI=1S/C9H6N2.C9H7N/c10-6-7-1-2-8-3-4-11-9(8)5-7;1-2-6-9-8(4-1)5-3-7-10-9/h1-5,11H;1-7H. The summed E-state index contributed by atoms with van der Waals surface area (Å²) in [6, 6.07) is 21.7. The average Bonchev–Trinajstić information content (AvgIpc) is 3.03. The van der Waals surface area contributed by atoms with Gasteiger partial charge in [0.15, 0.2) is 0 Å². The van der Waals surface area contributed by atoms with E-state index in [2.05, 4.69) is 28.2 Å². The van der Waals surface area contributed by atoms with Crippen molar-refractivity contribution < 1.29 is 0 Å². The van der Waals surface area contributed by atoms with Crippen LogP contribution in [-0.2, 0) is 0 Å². The number of aromatic amines is 1. The highest BCUT2D eigenvalue weighted by atomic mass is 14.7. The first-order chi connectivity index (χ1) is 10.4. The van der Waals surface area contributed by atoms with Gasteiger partial charge in [-0.05, 0) is 35.7 Å². The Hall–Kier alpha value is -3.12. The van der Waals surface area contributed by atoms with Crippen LogP contribution >= 0.6 is 0 Å². The largest absolute Gasteiger partial charge is 0.361 e. The van der Waals surface area contributed by atoms with Crippen LogP contribution in [0.5, 0.6) is 0 Å². The number of para-hydroxylation sites is 1. The Bertz CT molecular complexity index is 851. The second-order valence-corrected chi connectivity index (χ2v) is 4.59. The van der Waals surface area contributed by atoms with Gasteiger partial charge in [-0.1, -0.05) is 30.3 Å². The summed E-state index contributed by atoms with van der Waals surface area (Å²) in [5, 5.41) is 10.9. The number of H-pyrrole nitrogens is 1. The molecule has 2 aromatic carbocycles. The smallest absolute Gasteiger partial charge is 0.0992 e. The normalized spacial score (nSPS) is 9.86. The van der Waals surface area contributed by atoms with Gasteiger partial charge in [-0.2, -0.15) is 5.26 Å². The summed E-state index contributed by atoms with van der Waals surface area (Å²) in [7, 11) is 0. The fraction of sp³-hybridized carbons (Fsp3) is 0. The van der Waals surface area contributed by atoms with Gasteiger partial charge >= 0.3 is 0 Å². The lowest BCUT2D eigenvalue weighted by molar-refractivity contribution is 1.41. The molecule has 0 amide bonds. The molecule has 0 saturated carbocycles. The lowest BCUT2D eigenvalue weighted by Crippen LogP contribution is -1.73. The molecule has 0 aliphatic carbocycles. The molecule has 4 rings (SSSR count). The molecular weight excluding hydrogens is 258 g/mol. The van der Waals surface area contributed by atoms with Crippen molar-refractivity contribution in [3.63, 3.8) is 0 Å². The molecule has 0 aliphatic heterocycles. The number of hydrogen-bond acceptors (Lipinski definition) is 2. The highest BCUT2D eigenvalue weighted by Crippen LogP contribution is 2.12. The molecule has 0 atom stereocenters. The lowest BCUT2D eigenvalue weighted by Gasteiger charge is -1.91. The van der Waals surface area contributed by atoms with Gasteiger partial charge in [0.25, 0.3) is 0 Å². The SMILES string of the molecule is N#Cc1ccc2cc[nH]c2c1.c1ccc2ncccc2c1. The maximum absolute atomic E-state index is 8.57. The minimum absolute atomic E-state index is 0.694. The van der Waals surface area contributed by atoms with E-state index in [9.17, 15) is 0 Å². The Morgan fingerprint density at radius 2 is 1.76 bits per heavy atom.